The zero-order valence-electron chi connectivity index (χ0n) is 7.98. The van der Waals surface area contributed by atoms with Crippen molar-refractivity contribution in [3.63, 3.8) is 0 Å². The lowest BCUT2D eigenvalue weighted by Gasteiger charge is -2.03. The molecule has 0 spiro atoms. The van der Waals surface area contributed by atoms with Crippen molar-refractivity contribution in [2.45, 2.75) is 9.79 Å². The molecule has 0 radical (unpaired) electrons. The Labute approximate surface area is 98.7 Å². The molecule has 1 rings (SSSR count). The molecule has 0 amide bonds. The largest absolute Gasteiger partial charge is 0.495 e. The van der Waals surface area contributed by atoms with E-state index in [2.05, 4.69) is 0 Å². The molecule has 0 N–H and O–H groups in total. The zero-order chi connectivity index (χ0) is 12.1. The van der Waals surface area contributed by atoms with E-state index in [9.17, 15) is 20.2 Å². The molecule has 86 valence electrons. The highest BCUT2D eigenvalue weighted by Crippen LogP contribution is 2.33. The first-order chi connectivity index (χ1) is 7.52. The summed E-state index contributed by atoms with van der Waals surface area (Å²) < 4.78 is 3.72. The van der Waals surface area contributed by atoms with Gasteiger partial charge in [0.2, 0.25) is 0 Å². The third-order valence-electron chi connectivity index (χ3n) is 1.49. The summed E-state index contributed by atoms with van der Waals surface area (Å²) in [4.78, 5) is 21.1. The van der Waals surface area contributed by atoms with Crippen molar-refractivity contribution < 1.29 is 13.4 Å². The maximum absolute atomic E-state index is 10.3. The van der Waals surface area contributed by atoms with E-state index in [1.165, 1.54) is 25.3 Å². The lowest BCUT2D eigenvalue weighted by Crippen LogP contribution is -1.91. The van der Waals surface area contributed by atoms with Gasteiger partial charge in [0.1, 0.15) is 19.3 Å². The summed E-state index contributed by atoms with van der Waals surface area (Å²) in [5.41, 5.74) is 0. The second-order valence-electron chi connectivity index (χ2n) is 2.44. The number of nitrogens with zero attached hydrogens (tertiary/aromatic N) is 2. The van der Waals surface area contributed by atoms with Gasteiger partial charge in [-0.2, -0.15) is 0 Å². The van der Waals surface area contributed by atoms with E-state index in [1.807, 2.05) is 0 Å². The molecule has 0 bridgehead atoms. The van der Waals surface area contributed by atoms with Crippen LogP contribution in [0.25, 0.3) is 0 Å². The van der Waals surface area contributed by atoms with Gasteiger partial charge in [0, 0.05) is 0 Å². The molecule has 0 heterocycles. The van der Waals surface area contributed by atoms with E-state index >= 15 is 0 Å². The molecule has 0 aliphatic heterocycles. The fourth-order valence-corrected chi connectivity index (χ4v) is 2.08. The van der Waals surface area contributed by atoms with E-state index in [0.717, 1.165) is 0 Å². The molecule has 0 aliphatic rings. The minimum Gasteiger partial charge on any atom is -0.495 e. The minimum atomic E-state index is -0.599. The van der Waals surface area contributed by atoms with Crippen molar-refractivity contribution in [1.29, 1.82) is 0 Å². The Morgan fingerprint density at radius 2 is 1.81 bits per heavy atom. The molecule has 7 nitrogen and oxygen atoms in total. The normalized spacial score (nSPS) is 9.81. The molecule has 1 aromatic rings. The topological polar surface area (TPSA) is 95.5 Å². The molecule has 16 heavy (non-hydrogen) atoms. The first kappa shape index (κ1) is 12.6. The number of hydrogen-bond acceptors (Lipinski definition) is 7. The summed E-state index contributed by atoms with van der Waals surface area (Å²) in [6.45, 7) is 0. The smallest absolute Gasteiger partial charge is 0.269 e. The predicted octanol–water partition coefficient (Wildman–Crippen LogP) is 2.26. The summed E-state index contributed by atoms with van der Waals surface area (Å²) in [5.74, 6) is 0.314. The highest BCUT2D eigenvalue weighted by molar-refractivity contribution is 7.94. The molecule has 0 aliphatic carbocycles. The van der Waals surface area contributed by atoms with Crippen molar-refractivity contribution in [2.75, 3.05) is 7.11 Å². The van der Waals surface area contributed by atoms with Crippen LogP contribution < -0.4 is 4.74 Å². The van der Waals surface area contributed by atoms with Crippen molar-refractivity contribution in [1.82, 2.24) is 0 Å². The average molecular weight is 262 g/mol. The van der Waals surface area contributed by atoms with Gasteiger partial charge in [0.15, 0.2) is 0 Å². The van der Waals surface area contributed by atoms with Crippen LogP contribution in [0, 0.1) is 20.2 Å². The highest BCUT2D eigenvalue weighted by atomic mass is 32.2. The fraction of sp³-hybridized carbons (Fsp3) is 0.143. The van der Waals surface area contributed by atoms with Gasteiger partial charge in [0.05, 0.1) is 12.0 Å². The quantitative estimate of drug-likeness (QED) is 0.456. The Bertz CT molecular complexity index is 425. The molecule has 0 unspecified atom stereocenters. The molecule has 0 aromatic heterocycles. The Hall–Kier alpha value is -1.48. The Kier molecular flexibility index (Phi) is 4.38. The zero-order valence-corrected chi connectivity index (χ0v) is 9.62. The van der Waals surface area contributed by atoms with Crippen molar-refractivity contribution in [3.8, 4) is 5.75 Å². The summed E-state index contributed by atoms with van der Waals surface area (Å²) in [6.07, 6.45) is 0. The molecule has 0 atom stereocenters. The van der Waals surface area contributed by atoms with E-state index in [1.54, 1.807) is 0 Å². The maximum atomic E-state index is 10.3. The third kappa shape index (κ3) is 3.59. The van der Waals surface area contributed by atoms with Crippen LogP contribution in [0.3, 0.4) is 0 Å². The van der Waals surface area contributed by atoms with Crippen LogP contribution in [0.15, 0.2) is 28.0 Å². The van der Waals surface area contributed by atoms with Crippen LogP contribution in [0.4, 0.5) is 0 Å². The van der Waals surface area contributed by atoms with Gasteiger partial charge in [-0.05, 0) is 18.2 Å². The predicted molar refractivity (Wildman–Crippen MR) is 58.7 cm³/mol. The van der Waals surface area contributed by atoms with Gasteiger partial charge >= 0.3 is 0 Å². The third-order valence-corrected chi connectivity index (χ3v) is 2.77. The summed E-state index contributed by atoms with van der Waals surface area (Å²) in [7, 11) is 1.37. The average Bonchev–Trinajstić information content (AvgIpc) is 2.16. The van der Waals surface area contributed by atoms with Gasteiger partial charge in [-0.1, -0.05) is 0 Å². The molecule has 1 aromatic carbocycles. The molecule has 0 fully saturated rings. The Balaban J connectivity index is 3.00. The van der Waals surface area contributed by atoms with Gasteiger partial charge in [0.25, 0.3) is 23.9 Å². The SMILES string of the molecule is COc1ccc(S[N+](=O)[O-])cc1S[N+](=O)[O-]. The highest BCUT2D eigenvalue weighted by Gasteiger charge is 2.16. The van der Waals surface area contributed by atoms with Gasteiger partial charge in [-0.15, -0.1) is 0 Å². The first-order valence-corrected chi connectivity index (χ1v) is 5.40. The van der Waals surface area contributed by atoms with E-state index < -0.39 is 8.66 Å². The van der Waals surface area contributed by atoms with Gasteiger partial charge in [-0.25, -0.2) is 0 Å². The van der Waals surface area contributed by atoms with Crippen LogP contribution in [0.2, 0.25) is 0 Å². The number of hydrogen-bond donors (Lipinski definition) is 0. The Morgan fingerprint density at radius 3 is 2.31 bits per heavy atom. The number of benzene rings is 1. The molecule has 9 heteroatoms. The van der Waals surface area contributed by atoms with E-state index in [-0.39, 0.29) is 4.90 Å². The van der Waals surface area contributed by atoms with Gasteiger partial charge < -0.3 is 4.74 Å². The van der Waals surface area contributed by atoms with Crippen molar-refractivity contribution in [2.24, 2.45) is 0 Å². The van der Waals surface area contributed by atoms with Crippen molar-refractivity contribution in [3.05, 3.63) is 38.4 Å². The minimum absolute atomic E-state index is 0.236. The number of methoxy groups -OCH3 is 1. The number of nitro groups is 2. The van der Waals surface area contributed by atoms with Crippen LogP contribution >= 0.6 is 23.9 Å². The lowest BCUT2D eigenvalue weighted by molar-refractivity contribution is -0.284. The summed E-state index contributed by atoms with van der Waals surface area (Å²) >= 11 is 0.742. The van der Waals surface area contributed by atoms with Crippen molar-refractivity contribution >= 4 is 23.9 Å². The first-order valence-electron chi connectivity index (χ1n) is 3.85. The monoisotopic (exact) mass is 262 g/mol. The number of ether oxygens (including phenoxy) is 1. The molecular formula is C7H6N2O5S2. The van der Waals surface area contributed by atoms with E-state index in [0.29, 0.717) is 34.5 Å². The molecule has 0 saturated carbocycles. The Morgan fingerprint density at radius 1 is 1.19 bits per heavy atom. The van der Waals surface area contributed by atoms with Crippen LogP contribution in [0.5, 0.6) is 5.75 Å². The fourth-order valence-electron chi connectivity index (χ4n) is 0.952. The molecule has 0 saturated heterocycles. The summed E-state index contributed by atoms with van der Waals surface area (Å²) in [6, 6.07) is 4.27. The van der Waals surface area contributed by atoms with Crippen LogP contribution in [0.1, 0.15) is 0 Å². The van der Waals surface area contributed by atoms with Crippen LogP contribution in [-0.4, -0.2) is 15.8 Å². The molecular weight excluding hydrogens is 256 g/mol. The lowest BCUT2D eigenvalue weighted by atomic mass is 10.3. The van der Waals surface area contributed by atoms with Crippen LogP contribution in [-0.2, 0) is 0 Å². The maximum Gasteiger partial charge on any atom is 0.269 e. The van der Waals surface area contributed by atoms with E-state index in [4.69, 9.17) is 4.74 Å². The number of rotatable bonds is 5. The van der Waals surface area contributed by atoms with Gasteiger partial charge in [-0.3, -0.25) is 20.2 Å². The second kappa shape index (κ2) is 5.56. The standard InChI is InChI=1S/C7H6N2O5S2/c1-14-6-3-2-5(15-8(10)11)4-7(6)16-9(12)13/h2-4H,1H3. The summed E-state index contributed by atoms with van der Waals surface area (Å²) in [5, 5.41) is 20.6. The second-order valence-corrected chi connectivity index (χ2v) is 4.32.